The van der Waals surface area contributed by atoms with Crippen LogP contribution in [0.15, 0.2) is 0 Å². The topological polar surface area (TPSA) is 124 Å². The predicted octanol–water partition coefficient (Wildman–Crippen LogP) is 4.03. The van der Waals surface area contributed by atoms with E-state index < -0.39 is 15.9 Å². The quantitative estimate of drug-likeness (QED) is 0.353. The van der Waals surface area contributed by atoms with E-state index >= 15 is 0 Å². The Hall–Kier alpha value is -0.700. The van der Waals surface area contributed by atoms with Crippen molar-refractivity contribution in [3.63, 3.8) is 0 Å². The van der Waals surface area contributed by atoms with E-state index in [1.807, 2.05) is 0 Å². The molecule has 0 aromatic carbocycles. The highest BCUT2D eigenvalue weighted by atomic mass is 32.2. The molecule has 0 aliphatic heterocycles. The van der Waals surface area contributed by atoms with Crippen LogP contribution < -0.4 is 5.32 Å². The van der Waals surface area contributed by atoms with E-state index in [0.29, 0.717) is 41.9 Å². The summed E-state index contributed by atoms with van der Waals surface area (Å²) in [4.78, 5) is 12.3. The fourth-order valence-electron chi connectivity index (χ4n) is 9.90. The number of rotatable bonds is 8. The van der Waals surface area contributed by atoms with Gasteiger partial charge in [0.05, 0.1) is 18.0 Å². The highest BCUT2D eigenvalue weighted by Gasteiger charge is 2.64. The standard InChI is InChI=1S/C28H49NO6S/c1-5-19-23-16-18(30)10-12-28(23,4)22-11-13-27(3)20(7-8-21(27)25(22)26(19)32)17(2)6-9-24(31)29-14-15-36(33,34)35/h17-23,25-26,30,32H,5-16H2,1-4H3,(H,29,31)(H,33,34,35). The van der Waals surface area contributed by atoms with Gasteiger partial charge in [0.1, 0.15) is 0 Å². The zero-order valence-corrected chi connectivity index (χ0v) is 23.5. The Kier molecular flexibility index (Phi) is 8.23. The third-order valence-corrected chi connectivity index (χ3v) is 12.4. The summed E-state index contributed by atoms with van der Waals surface area (Å²) in [5, 5.41) is 24.9. The molecule has 0 saturated heterocycles. The van der Waals surface area contributed by atoms with Gasteiger partial charge in [-0.3, -0.25) is 9.35 Å². The number of aliphatic hydroxyl groups is 2. The molecule has 7 nitrogen and oxygen atoms in total. The van der Waals surface area contributed by atoms with Crippen LogP contribution in [0.5, 0.6) is 0 Å². The number of aliphatic hydroxyl groups excluding tert-OH is 2. The van der Waals surface area contributed by atoms with Gasteiger partial charge in [0.25, 0.3) is 10.1 Å². The maximum absolute atomic E-state index is 12.3. The summed E-state index contributed by atoms with van der Waals surface area (Å²) >= 11 is 0. The SMILES string of the molecule is CCC1C(O)C2C3CCC(C(C)CCC(=O)NCCS(=O)(=O)O)C3(C)CCC2C2(C)CCC(O)CC12. The van der Waals surface area contributed by atoms with E-state index in [9.17, 15) is 23.4 Å². The Bertz CT molecular complexity index is 910. The lowest BCUT2D eigenvalue weighted by atomic mass is 9.41. The summed E-state index contributed by atoms with van der Waals surface area (Å²) in [7, 11) is -4.07. The normalized spacial score (nSPS) is 45.3. The van der Waals surface area contributed by atoms with Gasteiger partial charge >= 0.3 is 0 Å². The van der Waals surface area contributed by atoms with Crippen LogP contribution in [-0.4, -0.2) is 53.6 Å². The maximum atomic E-state index is 12.3. The third kappa shape index (κ3) is 5.13. The summed E-state index contributed by atoms with van der Waals surface area (Å²) in [6.07, 6.45) is 8.95. The Balaban J connectivity index is 1.44. The van der Waals surface area contributed by atoms with Gasteiger partial charge in [0.2, 0.25) is 5.91 Å². The second-order valence-electron chi connectivity index (χ2n) is 13.3. The van der Waals surface area contributed by atoms with E-state index in [0.717, 1.165) is 51.4 Å². The number of hydrogen-bond donors (Lipinski definition) is 4. The van der Waals surface area contributed by atoms with Gasteiger partial charge in [0.15, 0.2) is 0 Å². The minimum absolute atomic E-state index is 0.0639. The van der Waals surface area contributed by atoms with Crippen molar-refractivity contribution >= 4 is 16.0 Å². The van der Waals surface area contributed by atoms with Crippen molar-refractivity contribution in [2.75, 3.05) is 12.3 Å². The van der Waals surface area contributed by atoms with E-state index in [2.05, 4.69) is 33.0 Å². The molecule has 8 heteroatoms. The highest BCUT2D eigenvalue weighted by molar-refractivity contribution is 7.85. The zero-order chi connectivity index (χ0) is 26.5. The lowest BCUT2D eigenvalue weighted by Crippen LogP contribution is -2.62. The smallest absolute Gasteiger partial charge is 0.266 e. The summed E-state index contributed by atoms with van der Waals surface area (Å²) in [5.41, 5.74) is 0.369. The second kappa shape index (κ2) is 10.5. The van der Waals surface area contributed by atoms with E-state index in [4.69, 9.17) is 4.55 Å². The van der Waals surface area contributed by atoms with Crippen LogP contribution in [0.1, 0.15) is 91.9 Å². The fraction of sp³-hybridized carbons (Fsp3) is 0.964. The van der Waals surface area contributed by atoms with Gasteiger partial charge in [-0.1, -0.05) is 34.1 Å². The molecular weight excluding hydrogens is 478 g/mol. The first kappa shape index (κ1) is 28.3. The van der Waals surface area contributed by atoms with Crippen molar-refractivity contribution in [1.82, 2.24) is 5.32 Å². The molecule has 4 N–H and O–H groups in total. The molecular formula is C28H49NO6S. The van der Waals surface area contributed by atoms with Crippen molar-refractivity contribution in [3.8, 4) is 0 Å². The molecule has 11 unspecified atom stereocenters. The number of carbonyl (C=O) groups is 1. The van der Waals surface area contributed by atoms with Crippen molar-refractivity contribution in [2.24, 2.45) is 52.3 Å². The molecule has 208 valence electrons. The van der Waals surface area contributed by atoms with Crippen LogP contribution in [0, 0.1) is 52.3 Å². The van der Waals surface area contributed by atoms with Gasteiger partial charge in [-0.2, -0.15) is 8.42 Å². The minimum atomic E-state index is -4.07. The average Bonchev–Trinajstić information content (AvgIpc) is 3.15. The molecule has 4 saturated carbocycles. The van der Waals surface area contributed by atoms with Crippen LogP contribution in [0.3, 0.4) is 0 Å². The summed E-state index contributed by atoms with van der Waals surface area (Å²) in [6.45, 7) is 9.31. The molecule has 36 heavy (non-hydrogen) atoms. The van der Waals surface area contributed by atoms with Gasteiger partial charge < -0.3 is 15.5 Å². The molecule has 0 spiro atoms. The number of fused-ring (bicyclic) bond motifs is 5. The monoisotopic (exact) mass is 527 g/mol. The Labute approximate surface area is 217 Å². The largest absolute Gasteiger partial charge is 0.393 e. The van der Waals surface area contributed by atoms with Crippen molar-refractivity contribution in [1.29, 1.82) is 0 Å². The Morgan fingerprint density at radius 1 is 1.03 bits per heavy atom. The first-order valence-corrected chi connectivity index (χ1v) is 16.0. The molecule has 0 heterocycles. The van der Waals surface area contributed by atoms with Crippen LogP contribution in [0.2, 0.25) is 0 Å². The third-order valence-electron chi connectivity index (χ3n) is 11.7. The van der Waals surface area contributed by atoms with Gasteiger partial charge in [-0.25, -0.2) is 0 Å². The molecule has 11 atom stereocenters. The van der Waals surface area contributed by atoms with Crippen LogP contribution in [-0.2, 0) is 14.9 Å². The summed E-state index contributed by atoms with van der Waals surface area (Å²) < 4.78 is 30.6. The highest BCUT2D eigenvalue weighted by Crippen LogP contribution is 2.69. The van der Waals surface area contributed by atoms with Crippen LogP contribution in [0.4, 0.5) is 0 Å². The van der Waals surface area contributed by atoms with Crippen LogP contribution in [0.25, 0.3) is 0 Å². The molecule has 4 aliphatic rings. The van der Waals surface area contributed by atoms with Gasteiger partial charge in [-0.05, 0) is 104 Å². The number of amides is 1. The molecule has 4 rings (SSSR count). The number of nitrogens with one attached hydrogen (secondary N) is 1. The summed E-state index contributed by atoms with van der Waals surface area (Å²) in [6, 6.07) is 0. The lowest BCUT2D eigenvalue weighted by Gasteiger charge is -2.64. The number of carbonyl (C=O) groups excluding carboxylic acids is 1. The van der Waals surface area contributed by atoms with E-state index in [-0.39, 0.29) is 41.4 Å². The predicted molar refractivity (Wildman–Crippen MR) is 140 cm³/mol. The van der Waals surface area contributed by atoms with Gasteiger partial charge in [0, 0.05) is 13.0 Å². The minimum Gasteiger partial charge on any atom is -0.393 e. The average molecular weight is 528 g/mol. The second-order valence-corrected chi connectivity index (χ2v) is 14.8. The zero-order valence-electron chi connectivity index (χ0n) is 22.7. The van der Waals surface area contributed by atoms with Crippen molar-refractivity contribution in [2.45, 2.75) is 104 Å². The maximum Gasteiger partial charge on any atom is 0.266 e. The Morgan fingerprint density at radius 2 is 1.69 bits per heavy atom. The first-order chi connectivity index (χ1) is 16.8. The Morgan fingerprint density at radius 3 is 2.36 bits per heavy atom. The van der Waals surface area contributed by atoms with Gasteiger partial charge in [-0.15, -0.1) is 0 Å². The molecule has 1 amide bonds. The molecule has 0 bridgehead atoms. The molecule has 4 fully saturated rings. The number of hydrogen-bond acceptors (Lipinski definition) is 5. The first-order valence-electron chi connectivity index (χ1n) is 14.4. The van der Waals surface area contributed by atoms with Crippen molar-refractivity contribution in [3.05, 3.63) is 0 Å². The van der Waals surface area contributed by atoms with E-state index in [1.54, 1.807) is 0 Å². The van der Waals surface area contributed by atoms with E-state index in [1.165, 1.54) is 6.42 Å². The molecule has 0 aromatic heterocycles. The summed E-state index contributed by atoms with van der Waals surface area (Å²) in [5.74, 6) is 2.28. The molecule has 4 aliphatic carbocycles. The van der Waals surface area contributed by atoms with Crippen LogP contribution >= 0.6 is 0 Å². The lowest BCUT2D eigenvalue weighted by molar-refractivity contribution is -0.203. The fourth-order valence-corrected chi connectivity index (χ4v) is 10.3. The molecule has 0 radical (unpaired) electrons. The molecule has 0 aromatic rings. The van der Waals surface area contributed by atoms with Crippen molar-refractivity contribution < 1.29 is 28.0 Å².